The van der Waals surface area contributed by atoms with E-state index >= 15 is 0 Å². The first-order chi connectivity index (χ1) is 23.1. The summed E-state index contributed by atoms with van der Waals surface area (Å²) in [5.41, 5.74) is -0.475. The highest BCUT2D eigenvalue weighted by Gasteiger charge is 2.75. The number of rotatable bonds is 15. The van der Waals surface area contributed by atoms with Gasteiger partial charge in [-0.3, -0.25) is 19.2 Å². The first-order valence-electron chi connectivity index (χ1n) is 17.8. The molecule has 1 N–H and O–H groups in total. The van der Waals surface area contributed by atoms with Gasteiger partial charge in [-0.25, -0.2) is 0 Å². The molecule has 1 spiro atoms. The summed E-state index contributed by atoms with van der Waals surface area (Å²) in [5.74, 6) is -3.07. The van der Waals surface area contributed by atoms with Crippen LogP contribution in [-0.2, 0) is 28.7 Å². The van der Waals surface area contributed by atoms with Crippen molar-refractivity contribution < 1.29 is 33.8 Å². The largest absolute Gasteiger partial charge is 0.455 e. The minimum absolute atomic E-state index is 0.0320. The Morgan fingerprint density at radius 1 is 1.12 bits per heavy atom. The summed E-state index contributed by atoms with van der Waals surface area (Å²) in [4.78, 5) is 61.7. The van der Waals surface area contributed by atoms with E-state index in [9.17, 15) is 24.3 Å². The van der Waals surface area contributed by atoms with E-state index in [4.69, 9.17) is 9.47 Å². The van der Waals surface area contributed by atoms with Gasteiger partial charge in [0.15, 0.2) is 0 Å². The van der Waals surface area contributed by atoms with Gasteiger partial charge in [0.25, 0.3) is 0 Å². The van der Waals surface area contributed by atoms with Crippen LogP contribution in [0.3, 0.4) is 0 Å². The van der Waals surface area contributed by atoms with Crippen LogP contribution in [0.15, 0.2) is 55.6 Å². The summed E-state index contributed by atoms with van der Waals surface area (Å²) in [6, 6.07) is 7.26. The van der Waals surface area contributed by atoms with Crippen molar-refractivity contribution in [2.24, 2.45) is 11.8 Å². The second kappa shape index (κ2) is 15.4. The van der Waals surface area contributed by atoms with Crippen molar-refractivity contribution in [1.29, 1.82) is 0 Å². The average Bonchev–Trinajstić information content (AvgIpc) is 3.76. The van der Waals surface area contributed by atoms with Crippen LogP contribution in [0.5, 0.6) is 0 Å². The number of hydrogen-bond acceptors (Lipinski definition) is 7. The highest BCUT2D eigenvalue weighted by atomic mass is 16.6. The second-order valence-electron chi connectivity index (χ2n) is 14.0. The lowest BCUT2D eigenvalue weighted by Crippen LogP contribution is -2.60. The van der Waals surface area contributed by atoms with Gasteiger partial charge in [0.2, 0.25) is 17.7 Å². The number of nitrogens with zero attached hydrogens (tertiary/aromatic N) is 3. The number of hydrogen-bond donors (Lipinski definition) is 1. The Balaban J connectivity index is 1.48. The Labute approximate surface area is 285 Å². The molecule has 1 aromatic carbocycles. The number of benzene rings is 1. The molecule has 8 atom stereocenters. The number of aliphatic hydroxyl groups is 1. The Kier molecular flexibility index (Phi) is 11.5. The number of ether oxygens (including phenoxy) is 2. The molecule has 3 heterocycles. The molecular formula is C38H53N3O7. The lowest BCUT2D eigenvalue weighted by molar-refractivity contribution is -0.165. The van der Waals surface area contributed by atoms with Gasteiger partial charge in [-0.05, 0) is 51.0 Å². The smallest absolute Gasteiger partial charge is 0.313 e. The van der Waals surface area contributed by atoms with Gasteiger partial charge in [-0.2, -0.15) is 0 Å². The van der Waals surface area contributed by atoms with Gasteiger partial charge in [0.05, 0.1) is 36.6 Å². The van der Waals surface area contributed by atoms with Crippen molar-refractivity contribution in [2.75, 3.05) is 20.2 Å². The van der Waals surface area contributed by atoms with E-state index in [0.29, 0.717) is 32.2 Å². The first kappa shape index (κ1) is 35.8. The lowest BCUT2D eigenvalue weighted by Gasteiger charge is -2.42. The SMILES string of the molecule is C=CCCC(=O)N(C)[C@H](C)[C@H](OC(=O)[C@@H]1[C@H]2C(=O)N([C@@H](CC)CO)[C@H](C(=O)N(CC=C)C3CCCCC3)[C@]23CC[C@H]1O3)c1ccccc1. The van der Waals surface area contributed by atoms with Crippen LogP contribution in [0.2, 0.25) is 0 Å². The minimum atomic E-state index is -1.20. The molecule has 3 aliphatic heterocycles. The maximum absolute atomic E-state index is 14.8. The quantitative estimate of drug-likeness (QED) is 0.216. The van der Waals surface area contributed by atoms with Gasteiger partial charge in [-0.15, -0.1) is 13.2 Å². The predicted molar refractivity (Wildman–Crippen MR) is 181 cm³/mol. The van der Waals surface area contributed by atoms with Crippen molar-refractivity contribution >= 4 is 23.7 Å². The number of esters is 1. The molecule has 262 valence electrons. The van der Waals surface area contributed by atoms with E-state index in [2.05, 4.69) is 13.2 Å². The van der Waals surface area contributed by atoms with E-state index in [1.54, 1.807) is 24.1 Å². The van der Waals surface area contributed by atoms with Gasteiger partial charge in [0, 0.05) is 26.1 Å². The molecule has 0 radical (unpaired) electrons. The molecular weight excluding hydrogens is 610 g/mol. The van der Waals surface area contributed by atoms with Crippen molar-refractivity contribution in [2.45, 2.75) is 120 Å². The van der Waals surface area contributed by atoms with Crippen molar-refractivity contribution in [3.63, 3.8) is 0 Å². The summed E-state index contributed by atoms with van der Waals surface area (Å²) in [7, 11) is 1.70. The highest BCUT2D eigenvalue weighted by Crippen LogP contribution is 2.59. The third-order valence-corrected chi connectivity index (χ3v) is 11.3. The number of likely N-dealkylation sites (N-methyl/N-ethyl adjacent to an activating group) is 1. The summed E-state index contributed by atoms with van der Waals surface area (Å²) in [5, 5.41) is 10.5. The van der Waals surface area contributed by atoms with E-state index in [1.807, 2.05) is 49.1 Å². The minimum Gasteiger partial charge on any atom is -0.455 e. The van der Waals surface area contributed by atoms with Crippen LogP contribution in [0.4, 0.5) is 0 Å². The standard InChI is InChI=1S/C38H53N3O7/c1-6-9-20-30(43)39(5)25(4)33(26-16-12-10-13-17-26)47-37(46)31-29-21-22-38(48-29)32(31)35(44)41(27(8-3)24-42)34(38)36(45)40(23-7-2)28-18-14-11-15-19-28/h6-7,10,12-13,16-17,25,27-29,31-34,42H,1-2,8-9,11,14-15,18-24H2,3-5H3/t25-,27+,29-,31+,32+,33+,34-,38+/m1/s1. The summed E-state index contributed by atoms with van der Waals surface area (Å²) < 4.78 is 13.0. The molecule has 4 aliphatic rings. The Bertz CT molecular complexity index is 1340. The van der Waals surface area contributed by atoms with Gasteiger partial charge in [0.1, 0.15) is 17.7 Å². The molecule has 3 amide bonds. The zero-order chi connectivity index (χ0) is 34.6. The van der Waals surface area contributed by atoms with Gasteiger partial charge in [-0.1, -0.05) is 68.7 Å². The maximum Gasteiger partial charge on any atom is 0.313 e. The van der Waals surface area contributed by atoms with Crippen LogP contribution in [0.1, 0.15) is 89.7 Å². The molecule has 3 saturated heterocycles. The lowest BCUT2D eigenvalue weighted by atomic mass is 9.70. The highest BCUT2D eigenvalue weighted by molar-refractivity contribution is 5.98. The summed E-state index contributed by atoms with van der Waals surface area (Å²) in [6.07, 6.45) is 9.23. The number of carbonyl (C=O) groups excluding carboxylic acids is 4. The Morgan fingerprint density at radius 3 is 2.46 bits per heavy atom. The Morgan fingerprint density at radius 2 is 1.83 bits per heavy atom. The number of amides is 3. The molecule has 1 saturated carbocycles. The number of carbonyl (C=O) groups is 4. The molecule has 48 heavy (non-hydrogen) atoms. The normalized spacial score (nSPS) is 28.3. The number of allylic oxidation sites excluding steroid dienone is 1. The van der Waals surface area contributed by atoms with Crippen LogP contribution in [-0.4, -0.2) is 99.6 Å². The fraction of sp³-hybridized carbons (Fsp3) is 0.632. The molecule has 1 aliphatic carbocycles. The van der Waals surface area contributed by atoms with Gasteiger partial charge < -0.3 is 29.3 Å². The van der Waals surface area contributed by atoms with Crippen LogP contribution in [0.25, 0.3) is 0 Å². The van der Waals surface area contributed by atoms with Crippen LogP contribution >= 0.6 is 0 Å². The molecule has 10 nitrogen and oxygen atoms in total. The number of likely N-dealkylation sites (tertiary alicyclic amines) is 1. The van der Waals surface area contributed by atoms with Crippen LogP contribution < -0.4 is 0 Å². The van der Waals surface area contributed by atoms with E-state index in [0.717, 1.165) is 37.7 Å². The molecule has 4 fully saturated rings. The molecule has 0 aromatic heterocycles. The fourth-order valence-electron chi connectivity index (χ4n) is 8.68. The van der Waals surface area contributed by atoms with Crippen LogP contribution in [0, 0.1) is 11.8 Å². The van der Waals surface area contributed by atoms with Gasteiger partial charge >= 0.3 is 5.97 Å². The average molecular weight is 664 g/mol. The summed E-state index contributed by atoms with van der Waals surface area (Å²) >= 11 is 0. The molecule has 5 rings (SSSR count). The zero-order valence-electron chi connectivity index (χ0n) is 28.8. The topological polar surface area (TPSA) is 117 Å². The summed E-state index contributed by atoms with van der Waals surface area (Å²) in [6.45, 7) is 11.4. The molecule has 1 aromatic rings. The van der Waals surface area contributed by atoms with E-state index < -0.39 is 53.7 Å². The molecule has 0 unspecified atom stereocenters. The third kappa shape index (κ3) is 6.45. The monoisotopic (exact) mass is 663 g/mol. The predicted octanol–water partition coefficient (Wildman–Crippen LogP) is 4.58. The molecule has 2 bridgehead atoms. The van der Waals surface area contributed by atoms with Crippen molar-refractivity contribution in [3.05, 3.63) is 61.2 Å². The van der Waals surface area contributed by atoms with E-state index in [-0.39, 0.29) is 36.8 Å². The maximum atomic E-state index is 14.8. The zero-order valence-corrected chi connectivity index (χ0v) is 28.8. The fourth-order valence-corrected chi connectivity index (χ4v) is 8.68. The first-order valence-corrected chi connectivity index (χ1v) is 17.8. The number of aliphatic hydroxyl groups excluding tert-OH is 1. The second-order valence-corrected chi connectivity index (χ2v) is 14.0. The van der Waals surface area contributed by atoms with Crippen molar-refractivity contribution in [1.82, 2.24) is 14.7 Å². The van der Waals surface area contributed by atoms with Crippen molar-refractivity contribution in [3.8, 4) is 0 Å². The third-order valence-electron chi connectivity index (χ3n) is 11.3. The molecule has 10 heteroatoms. The Hall–Kier alpha value is -3.50. The number of fused-ring (bicyclic) bond motifs is 1. The van der Waals surface area contributed by atoms with E-state index in [1.165, 1.54) is 4.90 Å².